The lowest BCUT2D eigenvalue weighted by Gasteiger charge is -2.36. The number of rotatable bonds is 3. The summed E-state index contributed by atoms with van der Waals surface area (Å²) in [6.45, 7) is 4.12. The Kier molecular flexibility index (Phi) is 4.32. The third-order valence-electron chi connectivity index (χ3n) is 4.68. The summed E-state index contributed by atoms with van der Waals surface area (Å²) in [5, 5.41) is 1.15. The van der Waals surface area contributed by atoms with Gasteiger partial charge in [-0.3, -0.25) is 9.88 Å². The molecule has 3 nitrogen and oxygen atoms in total. The van der Waals surface area contributed by atoms with Crippen molar-refractivity contribution < 1.29 is 8.78 Å². The minimum atomic E-state index is -0.801. The van der Waals surface area contributed by atoms with E-state index in [0.717, 1.165) is 55.0 Å². The highest BCUT2D eigenvalue weighted by molar-refractivity contribution is 5.78. The molecule has 128 valence electrons. The standard InChI is InChI=1S/C20H19F2N3/c21-18-8-7-17(13-19(18)22)25-11-9-24(10-12-25)14-16-6-5-15-3-1-2-4-20(15)23-16/h1-8,13H,9-12,14H2. The van der Waals surface area contributed by atoms with E-state index in [-0.39, 0.29) is 0 Å². The van der Waals surface area contributed by atoms with Crippen LogP contribution in [0.25, 0.3) is 10.9 Å². The number of nitrogens with zero attached hydrogens (tertiary/aromatic N) is 3. The lowest BCUT2D eigenvalue weighted by Crippen LogP contribution is -2.46. The molecular formula is C20H19F2N3. The predicted molar refractivity (Wildman–Crippen MR) is 95.6 cm³/mol. The molecule has 5 heteroatoms. The van der Waals surface area contributed by atoms with Crippen LogP contribution in [0, 0.1) is 11.6 Å². The van der Waals surface area contributed by atoms with E-state index in [0.29, 0.717) is 0 Å². The summed E-state index contributed by atoms with van der Waals surface area (Å²) in [5.41, 5.74) is 2.81. The van der Waals surface area contributed by atoms with Gasteiger partial charge in [0, 0.05) is 49.9 Å². The van der Waals surface area contributed by atoms with Crippen LogP contribution in [-0.2, 0) is 6.54 Å². The van der Waals surface area contributed by atoms with Gasteiger partial charge in [0.1, 0.15) is 0 Å². The maximum absolute atomic E-state index is 13.4. The van der Waals surface area contributed by atoms with Crippen LogP contribution in [0.15, 0.2) is 54.6 Å². The molecule has 2 aromatic carbocycles. The number of pyridine rings is 1. The molecule has 0 amide bonds. The zero-order valence-corrected chi connectivity index (χ0v) is 13.8. The Hall–Kier alpha value is -2.53. The fourth-order valence-corrected chi connectivity index (χ4v) is 3.27. The van der Waals surface area contributed by atoms with Crippen molar-refractivity contribution in [2.24, 2.45) is 0 Å². The molecule has 0 aliphatic carbocycles. The number of hydrogen-bond donors (Lipinski definition) is 0. The fourth-order valence-electron chi connectivity index (χ4n) is 3.27. The normalized spacial score (nSPS) is 15.7. The predicted octanol–water partition coefficient (Wildman–Crippen LogP) is 3.84. The molecule has 25 heavy (non-hydrogen) atoms. The Labute approximate surface area is 145 Å². The highest BCUT2D eigenvalue weighted by atomic mass is 19.2. The molecule has 1 aliphatic rings. The summed E-state index contributed by atoms with van der Waals surface area (Å²) < 4.78 is 26.5. The maximum Gasteiger partial charge on any atom is 0.160 e. The van der Waals surface area contributed by atoms with Crippen molar-refractivity contribution in [3.8, 4) is 0 Å². The Morgan fingerprint density at radius 3 is 2.44 bits per heavy atom. The zero-order chi connectivity index (χ0) is 17.2. The van der Waals surface area contributed by atoms with E-state index in [4.69, 9.17) is 4.98 Å². The third kappa shape index (κ3) is 3.46. The van der Waals surface area contributed by atoms with Crippen molar-refractivity contribution in [2.75, 3.05) is 31.1 Å². The van der Waals surface area contributed by atoms with Crippen molar-refractivity contribution in [1.29, 1.82) is 0 Å². The molecule has 1 saturated heterocycles. The van der Waals surface area contributed by atoms with E-state index in [2.05, 4.69) is 28.0 Å². The molecule has 0 N–H and O–H groups in total. The summed E-state index contributed by atoms with van der Waals surface area (Å²) in [5.74, 6) is -1.59. The lowest BCUT2D eigenvalue weighted by atomic mass is 10.2. The number of piperazine rings is 1. The molecule has 2 heterocycles. The van der Waals surface area contributed by atoms with E-state index >= 15 is 0 Å². The molecule has 1 aromatic heterocycles. The number of benzene rings is 2. The molecule has 0 unspecified atom stereocenters. The summed E-state index contributed by atoms with van der Waals surface area (Å²) in [4.78, 5) is 9.15. The highest BCUT2D eigenvalue weighted by Crippen LogP contribution is 2.20. The molecule has 0 saturated carbocycles. The van der Waals surface area contributed by atoms with Crippen LogP contribution < -0.4 is 4.90 Å². The van der Waals surface area contributed by atoms with Crippen LogP contribution in [0.4, 0.5) is 14.5 Å². The number of aromatic nitrogens is 1. The first-order chi connectivity index (χ1) is 12.2. The zero-order valence-electron chi connectivity index (χ0n) is 13.8. The van der Waals surface area contributed by atoms with Gasteiger partial charge in [-0.05, 0) is 24.3 Å². The first-order valence-corrected chi connectivity index (χ1v) is 8.46. The first-order valence-electron chi connectivity index (χ1n) is 8.46. The average Bonchev–Trinajstić information content (AvgIpc) is 2.65. The van der Waals surface area contributed by atoms with Crippen molar-refractivity contribution >= 4 is 16.6 Å². The number of hydrogen-bond acceptors (Lipinski definition) is 3. The van der Waals surface area contributed by atoms with Crippen molar-refractivity contribution in [2.45, 2.75) is 6.54 Å². The van der Waals surface area contributed by atoms with Gasteiger partial charge in [-0.15, -0.1) is 0 Å². The number of anilines is 1. The Morgan fingerprint density at radius 2 is 1.64 bits per heavy atom. The van der Waals surface area contributed by atoms with Gasteiger partial charge in [-0.2, -0.15) is 0 Å². The van der Waals surface area contributed by atoms with Gasteiger partial charge in [0.05, 0.1) is 11.2 Å². The summed E-state index contributed by atoms with van der Waals surface area (Å²) in [6, 6.07) is 16.4. The largest absolute Gasteiger partial charge is 0.369 e. The van der Waals surface area contributed by atoms with E-state index < -0.39 is 11.6 Å². The summed E-state index contributed by atoms with van der Waals surface area (Å²) in [7, 11) is 0. The van der Waals surface area contributed by atoms with Crippen LogP contribution >= 0.6 is 0 Å². The van der Waals surface area contributed by atoms with Crippen molar-refractivity contribution in [3.63, 3.8) is 0 Å². The van der Waals surface area contributed by atoms with Gasteiger partial charge in [0.15, 0.2) is 11.6 Å². The highest BCUT2D eigenvalue weighted by Gasteiger charge is 2.18. The number of para-hydroxylation sites is 1. The Balaban J connectivity index is 1.40. The monoisotopic (exact) mass is 339 g/mol. The molecule has 1 fully saturated rings. The van der Waals surface area contributed by atoms with Gasteiger partial charge in [0.25, 0.3) is 0 Å². The number of fused-ring (bicyclic) bond motifs is 1. The van der Waals surface area contributed by atoms with Crippen LogP contribution in [0.2, 0.25) is 0 Å². The lowest BCUT2D eigenvalue weighted by molar-refractivity contribution is 0.247. The minimum Gasteiger partial charge on any atom is -0.369 e. The quantitative estimate of drug-likeness (QED) is 0.723. The second-order valence-corrected chi connectivity index (χ2v) is 6.36. The van der Waals surface area contributed by atoms with E-state index in [9.17, 15) is 8.78 Å². The molecule has 0 bridgehead atoms. The molecule has 0 spiro atoms. The van der Waals surface area contributed by atoms with E-state index in [1.54, 1.807) is 6.07 Å². The van der Waals surface area contributed by atoms with Gasteiger partial charge in [-0.1, -0.05) is 24.3 Å². The summed E-state index contributed by atoms with van der Waals surface area (Å²) >= 11 is 0. The first kappa shape index (κ1) is 16.0. The molecule has 4 rings (SSSR count). The third-order valence-corrected chi connectivity index (χ3v) is 4.68. The second-order valence-electron chi connectivity index (χ2n) is 6.36. The van der Waals surface area contributed by atoms with E-state index in [1.807, 2.05) is 18.2 Å². The Morgan fingerprint density at radius 1 is 0.840 bits per heavy atom. The maximum atomic E-state index is 13.4. The molecule has 0 radical (unpaired) electrons. The second kappa shape index (κ2) is 6.76. The molecular weight excluding hydrogens is 320 g/mol. The topological polar surface area (TPSA) is 19.4 Å². The van der Waals surface area contributed by atoms with Gasteiger partial charge in [0.2, 0.25) is 0 Å². The van der Waals surface area contributed by atoms with Gasteiger partial charge < -0.3 is 4.90 Å². The smallest absolute Gasteiger partial charge is 0.160 e. The van der Waals surface area contributed by atoms with Crippen LogP contribution in [-0.4, -0.2) is 36.1 Å². The number of halogens is 2. The summed E-state index contributed by atoms with van der Waals surface area (Å²) in [6.07, 6.45) is 0. The Bertz CT molecular complexity index is 889. The van der Waals surface area contributed by atoms with Gasteiger partial charge >= 0.3 is 0 Å². The molecule has 1 aliphatic heterocycles. The van der Waals surface area contributed by atoms with Crippen molar-refractivity contribution in [1.82, 2.24) is 9.88 Å². The SMILES string of the molecule is Fc1ccc(N2CCN(Cc3ccc4ccccc4n3)CC2)cc1F. The van der Waals surface area contributed by atoms with E-state index in [1.165, 1.54) is 12.1 Å². The van der Waals surface area contributed by atoms with Crippen LogP contribution in [0.1, 0.15) is 5.69 Å². The molecule has 3 aromatic rings. The van der Waals surface area contributed by atoms with Gasteiger partial charge in [-0.25, -0.2) is 8.78 Å². The fraction of sp³-hybridized carbons (Fsp3) is 0.250. The van der Waals surface area contributed by atoms with Crippen LogP contribution in [0.5, 0.6) is 0 Å². The molecule has 0 atom stereocenters. The van der Waals surface area contributed by atoms with Crippen molar-refractivity contribution in [3.05, 3.63) is 71.9 Å². The minimum absolute atomic E-state index is 0.738. The average molecular weight is 339 g/mol. The van der Waals surface area contributed by atoms with Crippen LogP contribution in [0.3, 0.4) is 0 Å².